The summed E-state index contributed by atoms with van der Waals surface area (Å²) in [5.41, 5.74) is 3.59. The van der Waals surface area contributed by atoms with Crippen molar-refractivity contribution >= 4 is 11.8 Å². The third kappa shape index (κ3) is 4.48. The van der Waals surface area contributed by atoms with Crippen molar-refractivity contribution in [3.8, 4) is 22.9 Å². The van der Waals surface area contributed by atoms with Crippen LogP contribution in [-0.4, -0.2) is 29.0 Å². The highest BCUT2D eigenvalue weighted by molar-refractivity contribution is 7.98. The van der Waals surface area contributed by atoms with Gasteiger partial charge in [-0.15, -0.1) is 10.2 Å². The monoisotopic (exact) mass is 423 g/mol. The van der Waals surface area contributed by atoms with Crippen molar-refractivity contribution in [2.24, 2.45) is 0 Å². The molecule has 0 bridgehead atoms. The molecule has 0 N–H and O–H groups in total. The molecule has 0 aliphatic heterocycles. The van der Waals surface area contributed by atoms with Gasteiger partial charge in [0.2, 0.25) is 0 Å². The molecule has 0 amide bonds. The maximum Gasteiger partial charge on any atom is 0.192 e. The van der Waals surface area contributed by atoms with E-state index >= 15 is 0 Å². The fourth-order valence-corrected chi connectivity index (χ4v) is 5.01. The van der Waals surface area contributed by atoms with E-state index < -0.39 is 0 Å². The molecule has 1 aromatic heterocycles. The topological polar surface area (TPSA) is 49.2 Å². The van der Waals surface area contributed by atoms with Crippen molar-refractivity contribution in [3.05, 3.63) is 53.6 Å². The molecular weight excluding hydrogens is 394 g/mol. The third-order valence-corrected chi connectivity index (χ3v) is 6.75. The van der Waals surface area contributed by atoms with Crippen LogP contribution < -0.4 is 9.47 Å². The van der Waals surface area contributed by atoms with Gasteiger partial charge in [-0.2, -0.15) is 0 Å². The Hall–Kier alpha value is -2.47. The number of ether oxygens (including phenoxy) is 2. The number of nitrogens with zero attached hydrogens (tertiary/aromatic N) is 3. The predicted molar refractivity (Wildman–Crippen MR) is 121 cm³/mol. The van der Waals surface area contributed by atoms with Crippen molar-refractivity contribution in [1.29, 1.82) is 0 Å². The summed E-state index contributed by atoms with van der Waals surface area (Å²) in [6.07, 6.45) is 6.19. The standard InChI is InChI=1S/C24H29N3O2S/c1-17-9-11-18(12-10-17)16-30-24-26-25-23(27(24)20-7-5-4-6-8-20)19-13-14-21(28-2)22(15-19)29-3/h9-15,20H,4-8,16H2,1-3H3. The molecule has 3 aromatic rings. The first-order valence-electron chi connectivity index (χ1n) is 10.5. The van der Waals surface area contributed by atoms with E-state index in [1.165, 1.54) is 43.2 Å². The Labute approximate surface area is 182 Å². The number of methoxy groups -OCH3 is 2. The Bertz CT molecular complexity index is 979. The quantitative estimate of drug-likeness (QED) is 0.432. The van der Waals surface area contributed by atoms with Gasteiger partial charge in [0.25, 0.3) is 0 Å². The van der Waals surface area contributed by atoms with Crippen LogP contribution in [0.5, 0.6) is 11.5 Å². The van der Waals surface area contributed by atoms with Gasteiger partial charge in [0, 0.05) is 17.4 Å². The number of benzene rings is 2. The largest absolute Gasteiger partial charge is 0.493 e. The van der Waals surface area contributed by atoms with E-state index in [1.54, 1.807) is 26.0 Å². The Balaban J connectivity index is 1.67. The molecular formula is C24H29N3O2S. The normalized spacial score (nSPS) is 14.6. The first kappa shape index (κ1) is 20.8. The minimum atomic E-state index is 0.442. The van der Waals surface area contributed by atoms with Gasteiger partial charge in [0.1, 0.15) is 0 Å². The molecule has 1 saturated carbocycles. The molecule has 1 heterocycles. The van der Waals surface area contributed by atoms with Crippen molar-refractivity contribution in [2.75, 3.05) is 14.2 Å². The van der Waals surface area contributed by atoms with Crippen LogP contribution in [0.3, 0.4) is 0 Å². The lowest BCUT2D eigenvalue weighted by Gasteiger charge is -2.25. The van der Waals surface area contributed by atoms with Crippen LogP contribution in [0.4, 0.5) is 0 Å². The number of thioether (sulfide) groups is 1. The Morgan fingerprint density at radius 2 is 1.67 bits per heavy atom. The van der Waals surface area contributed by atoms with E-state index in [0.29, 0.717) is 11.8 Å². The third-order valence-electron chi connectivity index (χ3n) is 5.73. The van der Waals surface area contributed by atoms with E-state index in [1.807, 2.05) is 18.2 Å². The predicted octanol–water partition coefficient (Wildman–Crippen LogP) is 6.07. The van der Waals surface area contributed by atoms with Gasteiger partial charge in [-0.3, -0.25) is 4.57 Å². The summed E-state index contributed by atoms with van der Waals surface area (Å²) >= 11 is 1.77. The number of aromatic nitrogens is 3. The van der Waals surface area contributed by atoms with Crippen LogP contribution in [0.15, 0.2) is 47.6 Å². The molecule has 2 aromatic carbocycles. The average Bonchev–Trinajstić information content (AvgIpc) is 3.22. The van der Waals surface area contributed by atoms with Crippen LogP contribution in [0, 0.1) is 6.92 Å². The summed E-state index contributed by atoms with van der Waals surface area (Å²) in [6, 6.07) is 15.1. The summed E-state index contributed by atoms with van der Waals surface area (Å²) in [7, 11) is 3.32. The molecule has 30 heavy (non-hydrogen) atoms. The second-order valence-corrected chi connectivity index (χ2v) is 8.75. The zero-order valence-corrected chi connectivity index (χ0v) is 18.7. The van der Waals surface area contributed by atoms with Gasteiger partial charge in [-0.25, -0.2) is 0 Å². The van der Waals surface area contributed by atoms with E-state index in [0.717, 1.165) is 28.0 Å². The van der Waals surface area contributed by atoms with Crippen molar-refractivity contribution in [3.63, 3.8) is 0 Å². The van der Waals surface area contributed by atoms with E-state index in [-0.39, 0.29) is 0 Å². The van der Waals surface area contributed by atoms with Gasteiger partial charge in [-0.1, -0.05) is 60.9 Å². The maximum absolute atomic E-state index is 5.52. The summed E-state index contributed by atoms with van der Waals surface area (Å²) in [4.78, 5) is 0. The SMILES string of the molecule is COc1ccc(-c2nnc(SCc3ccc(C)cc3)n2C2CCCCC2)cc1OC. The van der Waals surface area contributed by atoms with E-state index in [2.05, 4.69) is 46.0 Å². The zero-order chi connectivity index (χ0) is 20.9. The Kier molecular flexibility index (Phi) is 6.62. The minimum Gasteiger partial charge on any atom is -0.493 e. The number of rotatable bonds is 7. The highest BCUT2D eigenvalue weighted by Gasteiger charge is 2.24. The van der Waals surface area contributed by atoms with Crippen LogP contribution in [0.2, 0.25) is 0 Å². The molecule has 1 aliphatic carbocycles. The van der Waals surface area contributed by atoms with Crippen LogP contribution in [0.1, 0.15) is 49.3 Å². The Morgan fingerprint density at radius 3 is 2.37 bits per heavy atom. The number of hydrogen-bond acceptors (Lipinski definition) is 5. The summed E-state index contributed by atoms with van der Waals surface area (Å²) < 4.78 is 13.3. The molecule has 4 rings (SSSR count). The fourth-order valence-electron chi connectivity index (χ4n) is 4.05. The highest BCUT2D eigenvalue weighted by Crippen LogP contribution is 2.38. The molecule has 5 nitrogen and oxygen atoms in total. The van der Waals surface area contributed by atoms with Gasteiger partial charge in [-0.05, 0) is 43.5 Å². The molecule has 6 heteroatoms. The molecule has 158 valence electrons. The highest BCUT2D eigenvalue weighted by atomic mass is 32.2. The summed E-state index contributed by atoms with van der Waals surface area (Å²) in [5, 5.41) is 10.2. The maximum atomic E-state index is 5.52. The number of aryl methyl sites for hydroxylation is 1. The lowest BCUT2D eigenvalue weighted by molar-refractivity contribution is 0.339. The second-order valence-electron chi connectivity index (χ2n) is 7.81. The van der Waals surface area contributed by atoms with Crippen LogP contribution in [-0.2, 0) is 5.75 Å². The van der Waals surface area contributed by atoms with E-state index in [9.17, 15) is 0 Å². The molecule has 0 saturated heterocycles. The lowest BCUT2D eigenvalue weighted by Crippen LogP contribution is -2.15. The average molecular weight is 424 g/mol. The molecule has 0 atom stereocenters. The Morgan fingerprint density at radius 1 is 0.933 bits per heavy atom. The van der Waals surface area contributed by atoms with Crippen LogP contribution >= 0.6 is 11.8 Å². The van der Waals surface area contributed by atoms with Gasteiger partial charge in [0.15, 0.2) is 22.5 Å². The van der Waals surface area contributed by atoms with Crippen LogP contribution in [0.25, 0.3) is 11.4 Å². The molecule has 1 aliphatic rings. The molecule has 0 spiro atoms. The second kappa shape index (κ2) is 9.56. The van der Waals surface area contributed by atoms with Gasteiger partial charge < -0.3 is 9.47 Å². The molecule has 1 fully saturated rings. The van der Waals surface area contributed by atoms with Crippen molar-refractivity contribution in [2.45, 2.75) is 56.0 Å². The molecule has 0 unspecified atom stereocenters. The first-order chi connectivity index (χ1) is 14.7. The lowest BCUT2D eigenvalue weighted by atomic mass is 9.95. The number of hydrogen-bond donors (Lipinski definition) is 0. The van der Waals surface area contributed by atoms with Gasteiger partial charge in [0.05, 0.1) is 14.2 Å². The van der Waals surface area contributed by atoms with Gasteiger partial charge >= 0.3 is 0 Å². The minimum absolute atomic E-state index is 0.442. The first-order valence-corrected chi connectivity index (χ1v) is 11.5. The fraction of sp³-hybridized carbons (Fsp3) is 0.417. The van der Waals surface area contributed by atoms with Crippen molar-refractivity contribution < 1.29 is 9.47 Å². The van der Waals surface area contributed by atoms with E-state index in [4.69, 9.17) is 9.47 Å². The van der Waals surface area contributed by atoms with Crippen molar-refractivity contribution in [1.82, 2.24) is 14.8 Å². The smallest absolute Gasteiger partial charge is 0.192 e. The zero-order valence-electron chi connectivity index (χ0n) is 17.9. The summed E-state index contributed by atoms with van der Waals surface area (Å²) in [6.45, 7) is 2.12. The summed E-state index contributed by atoms with van der Waals surface area (Å²) in [5.74, 6) is 3.23. The molecule has 0 radical (unpaired) electrons.